The molecule has 0 aliphatic carbocycles. The first-order chi connectivity index (χ1) is 9.20. The minimum atomic E-state index is -0.627. The summed E-state index contributed by atoms with van der Waals surface area (Å²) in [5.41, 5.74) is 0.331. The molecule has 0 bridgehead atoms. The fraction of sp³-hybridized carbons (Fsp3) is 0.500. The van der Waals surface area contributed by atoms with Crippen molar-refractivity contribution in [1.29, 1.82) is 0 Å². The van der Waals surface area contributed by atoms with Crippen LogP contribution in [-0.2, 0) is 9.47 Å². The van der Waals surface area contributed by atoms with E-state index in [1.165, 1.54) is 6.07 Å². The van der Waals surface area contributed by atoms with Crippen LogP contribution in [0.15, 0.2) is 24.3 Å². The number of piperidine rings is 1. The van der Waals surface area contributed by atoms with Crippen LogP contribution in [0, 0.1) is 0 Å². The van der Waals surface area contributed by atoms with Crippen molar-refractivity contribution in [1.82, 2.24) is 4.90 Å². The summed E-state index contributed by atoms with van der Waals surface area (Å²) in [7, 11) is 0. The number of nitrogens with zero attached hydrogens (tertiary/aromatic N) is 1. The third kappa shape index (κ3) is 2.31. The molecule has 2 heterocycles. The number of aromatic hydroxyl groups is 1. The Hall–Kier alpha value is -1.59. The second-order valence-electron chi connectivity index (χ2n) is 4.96. The molecule has 1 amide bonds. The molecule has 2 fully saturated rings. The number of amides is 1. The molecule has 0 aromatic heterocycles. The van der Waals surface area contributed by atoms with Crippen LogP contribution in [0.2, 0.25) is 0 Å². The lowest BCUT2D eigenvalue weighted by Crippen LogP contribution is -2.51. The average Bonchev–Trinajstić information content (AvgIpc) is 2.86. The number of benzene rings is 1. The van der Waals surface area contributed by atoms with Crippen LogP contribution >= 0.6 is 0 Å². The first kappa shape index (κ1) is 12.4. The lowest BCUT2D eigenvalue weighted by molar-refractivity contribution is -0.183. The van der Waals surface area contributed by atoms with Gasteiger partial charge in [-0.1, -0.05) is 12.1 Å². The standard InChI is InChI=1S/C14H17NO4/c16-12-5-2-1-4-11(12)13(17)15-7-3-6-14(10-15)18-8-9-19-14/h1-2,4-5,16H,3,6-10H2. The Morgan fingerprint density at radius 3 is 2.74 bits per heavy atom. The third-order valence-corrected chi connectivity index (χ3v) is 3.65. The Morgan fingerprint density at radius 1 is 1.26 bits per heavy atom. The Kier molecular flexibility index (Phi) is 3.16. The van der Waals surface area contributed by atoms with E-state index in [-0.39, 0.29) is 11.7 Å². The molecule has 2 aliphatic rings. The Morgan fingerprint density at radius 2 is 2.00 bits per heavy atom. The second-order valence-corrected chi connectivity index (χ2v) is 4.96. The highest BCUT2D eigenvalue weighted by atomic mass is 16.7. The first-order valence-corrected chi connectivity index (χ1v) is 6.55. The molecule has 0 unspecified atom stereocenters. The Bertz CT molecular complexity index is 482. The van der Waals surface area contributed by atoms with Gasteiger partial charge in [0.25, 0.3) is 5.91 Å². The third-order valence-electron chi connectivity index (χ3n) is 3.65. The van der Waals surface area contributed by atoms with Crippen LogP contribution in [0.5, 0.6) is 5.75 Å². The van der Waals surface area contributed by atoms with Gasteiger partial charge in [0.2, 0.25) is 0 Å². The van der Waals surface area contributed by atoms with Crippen LogP contribution < -0.4 is 0 Å². The minimum Gasteiger partial charge on any atom is -0.507 e. The summed E-state index contributed by atoms with van der Waals surface area (Å²) in [6.07, 6.45) is 1.66. The number of para-hydroxylation sites is 1. The number of phenols is 1. The zero-order chi connectivity index (χ0) is 13.3. The highest BCUT2D eigenvalue weighted by Crippen LogP contribution is 2.31. The highest BCUT2D eigenvalue weighted by Gasteiger charge is 2.42. The van der Waals surface area contributed by atoms with Crippen molar-refractivity contribution >= 4 is 5.91 Å². The maximum atomic E-state index is 12.4. The zero-order valence-electron chi connectivity index (χ0n) is 10.7. The van der Waals surface area contributed by atoms with Crippen LogP contribution in [0.3, 0.4) is 0 Å². The van der Waals surface area contributed by atoms with Gasteiger partial charge in [0, 0.05) is 13.0 Å². The van der Waals surface area contributed by atoms with Gasteiger partial charge in [-0.3, -0.25) is 4.79 Å². The Labute approximate surface area is 111 Å². The molecule has 0 saturated carbocycles. The molecule has 1 aromatic carbocycles. The summed E-state index contributed by atoms with van der Waals surface area (Å²) >= 11 is 0. The molecule has 5 nitrogen and oxygen atoms in total. The smallest absolute Gasteiger partial charge is 0.257 e. The van der Waals surface area contributed by atoms with Crippen molar-refractivity contribution in [2.24, 2.45) is 0 Å². The zero-order valence-corrected chi connectivity index (χ0v) is 10.7. The molecule has 19 heavy (non-hydrogen) atoms. The minimum absolute atomic E-state index is 0.0142. The monoisotopic (exact) mass is 263 g/mol. The van der Waals surface area contributed by atoms with Gasteiger partial charge in [0.15, 0.2) is 5.79 Å². The van der Waals surface area contributed by atoms with Gasteiger partial charge in [0.1, 0.15) is 5.75 Å². The van der Waals surface area contributed by atoms with E-state index in [1.807, 2.05) is 0 Å². The van der Waals surface area contributed by atoms with Gasteiger partial charge in [-0.25, -0.2) is 0 Å². The number of hydrogen-bond acceptors (Lipinski definition) is 4. The molecule has 102 valence electrons. The fourth-order valence-corrected chi connectivity index (χ4v) is 2.72. The lowest BCUT2D eigenvalue weighted by atomic mass is 10.0. The molecule has 2 saturated heterocycles. The SMILES string of the molecule is O=C(c1ccccc1O)N1CCCC2(C1)OCCO2. The number of ether oxygens (including phenoxy) is 2. The van der Waals surface area contributed by atoms with E-state index >= 15 is 0 Å². The van der Waals surface area contributed by atoms with Gasteiger partial charge < -0.3 is 19.5 Å². The topological polar surface area (TPSA) is 59.0 Å². The van der Waals surface area contributed by atoms with Crippen LogP contribution in [0.1, 0.15) is 23.2 Å². The van der Waals surface area contributed by atoms with E-state index in [4.69, 9.17) is 9.47 Å². The summed E-state index contributed by atoms with van der Waals surface area (Å²) in [5.74, 6) is -0.783. The van der Waals surface area contributed by atoms with Gasteiger partial charge in [-0.15, -0.1) is 0 Å². The molecule has 1 N–H and O–H groups in total. The summed E-state index contributed by atoms with van der Waals surface area (Å²) in [6.45, 7) is 2.26. The largest absolute Gasteiger partial charge is 0.507 e. The van der Waals surface area contributed by atoms with Crippen molar-refractivity contribution in [3.63, 3.8) is 0 Å². The molecular formula is C14H17NO4. The normalized spacial score (nSPS) is 21.8. The highest BCUT2D eigenvalue weighted by molar-refractivity contribution is 5.96. The number of carbonyl (C=O) groups is 1. The quantitative estimate of drug-likeness (QED) is 0.831. The van der Waals surface area contributed by atoms with E-state index in [1.54, 1.807) is 23.1 Å². The molecule has 1 aromatic rings. The predicted molar refractivity (Wildman–Crippen MR) is 67.9 cm³/mol. The lowest BCUT2D eigenvalue weighted by Gasteiger charge is -2.38. The van der Waals surface area contributed by atoms with E-state index in [2.05, 4.69) is 0 Å². The van der Waals surface area contributed by atoms with Crippen LogP contribution in [-0.4, -0.2) is 48.0 Å². The molecule has 0 radical (unpaired) electrons. The summed E-state index contributed by atoms with van der Waals surface area (Å²) in [4.78, 5) is 14.1. The van der Waals surface area contributed by atoms with E-state index in [0.717, 1.165) is 12.8 Å². The molecule has 1 spiro atoms. The molecular weight excluding hydrogens is 246 g/mol. The van der Waals surface area contributed by atoms with E-state index in [9.17, 15) is 9.90 Å². The van der Waals surface area contributed by atoms with Crippen LogP contribution in [0.4, 0.5) is 0 Å². The first-order valence-electron chi connectivity index (χ1n) is 6.55. The van der Waals surface area contributed by atoms with Crippen molar-refractivity contribution in [2.45, 2.75) is 18.6 Å². The van der Waals surface area contributed by atoms with Crippen molar-refractivity contribution in [3.8, 4) is 5.75 Å². The summed E-state index contributed by atoms with van der Waals surface area (Å²) in [6, 6.07) is 6.60. The van der Waals surface area contributed by atoms with Gasteiger partial charge in [-0.05, 0) is 18.6 Å². The number of rotatable bonds is 1. The number of phenolic OH excluding ortho intramolecular Hbond substituents is 1. The van der Waals surface area contributed by atoms with Crippen molar-refractivity contribution in [2.75, 3.05) is 26.3 Å². The maximum Gasteiger partial charge on any atom is 0.257 e. The van der Waals surface area contributed by atoms with Crippen molar-refractivity contribution in [3.05, 3.63) is 29.8 Å². The molecule has 2 aliphatic heterocycles. The van der Waals surface area contributed by atoms with Crippen molar-refractivity contribution < 1.29 is 19.4 Å². The maximum absolute atomic E-state index is 12.4. The van der Waals surface area contributed by atoms with Gasteiger partial charge in [0.05, 0.1) is 25.3 Å². The molecule has 0 atom stereocenters. The summed E-state index contributed by atoms with van der Waals surface area (Å²) in [5, 5.41) is 9.76. The fourth-order valence-electron chi connectivity index (χ4n) is 2.72. The summed E-state index contributed by atoms with van der Waals surface area (Å²) < 4.78 is 11.3. The predicted octanol–water partition coefficient (Wildman–Crippen LogP) is 1.37. The Balaban J connectivity index is 1.78. The number of likely N-dealkylation sites (tertiary alicyclic amines) is 1. The number of carbonyl (C=O) groups excluding carboxylic acids is 1. The second kappa shape index (κ2) is 4.83. The van der Waals surface area contributed by atoms with E-state index in [0.29, 0.717) is 31.9 Å². The number of hydrogen-bond donors (Lipinski definition) is 1. The average molecular weight is 263 g/mol. The van der Waals surface area contributed by atoms with Crippen LogP contribution in [0.25, 0.3) is 0 Å². The molecule has 5 heteroatoms. The molecule has 3 rings (SSSR count). The van der Waals surface area contributed by atoms with Gasteiger partial charge in [-0.2, -0.15) is 0 Å². The van der Waals surface area contributed by atoms with Gasteiger partial charge >= 0.3 is 0 Å². The van der Waals surface area contributed by atoms with E-state index < -0.39 is 5.79 Å².